The lowest BCUT2D eigenvalue weighted by atomic mass is 9.87. The summed E-state index contributed by atoms with van der Waals surface area (Å²) in [6, 6.07) is 0. The monoisotopic (exact) mass is 532 g/mol. The van der Waals surface area contributed by atoms with E-state index in [2.05, 4.69) is 91.8 Å². The van der Waals surface area contributed by atoms with Gasteiger partial charge in [-0.1, -0.05) is 116 Å². The van der Waals surface area contributed by atoms with E-state index in [1.807, 2.05) is 23.5 Å². The third kappa shape index (κ3) is 11.8. The Balaban J connectivity index is 1.93. The molecule has 2 rings (SSSR count). The molecule has 2 aliphatic rings. The number of hydrogen-bond acceptors (Lipinski definition) is 4. The van der Waals surface area contributed by atoms with Crippen LogP contribution >= 0.6 is 23.5 Å². The van der Waals surface area contributed by atoms with E-state index < -0.39 is 0 Å². The van der Waals surface area contributed by atoms with Gasteiger partial charge in [0.05, 0.1) is 0 Å². The molecular weight excluding hydrogens is 480 g/mol. The van der Waals surface area contributed by atoms with Crippen LogP contribution in [0, 0.1) is 21.7 Å². The minimum absolute atomic E-state index is 0.0314. The normalized spacial score (nSPS) is 20.2. The first-order chi connectivity index (χ1) is 16.6. The van der Waals surface area contributed by atoms with E-state index in [-0.39, 0.29) is 34.9 Å². The van der Waals surface area contributed by atoms with Gasteiger partial charge in [0.25, 0.3) is 0 Å². The Bertz CT molecular complexity index is 810. The molecule has 0 saturated heterocycles. The largest absolute Gasteiger partial charge is 0.396 e. The Labute approximate surface area is 230 Å². The van der Waals surface area contributed by atoms with Gasteiger partial charge in [-0.15, -0.1) is 0 Å². The Kier molecular flexibility index (Phi) is 11.7. The molecule has 0 aromatic heterocycles. The predicted octanol–water partition coefficient (Wildman–Crippen LogP) is 9.78. The van der Waals surface area contributed by atoms with Crippen LogP contribution in [0.15, 0.2) is 56.1 Å². The molecule has 2 aliphatic heterocycles. The number of hydrogen-bond donors (Lipinski definition) is 2. The van der Waals surface area contributed by atoms with Crippen LogP contribution in [0.2, 0.25) is 0 Å². The summed E-state index contributed by atoms with van der Waals surface area (Å²) in [6.07, 6.45) is 23.3. The van der Waals surface area contributed by atoms with Gasteiger partial charge >= 0.3 is 0 Å². The van der Waals surface area contributed by atoms with E-state index in [0.717, 1.165) is 38.5 Å². The molecule has 0 aromatic rings. The molecule has 2 N–H and O–H groups in total. The number of unbranched alkanes of at least 4 members (excludes halogenated alkanes) is 2. The van der Waals surface area contributed by atoms with E-state index in [4.69, 9.17) is 0 Å². The van der Waals surface area contributed by atoms with Crippen molar-refractivity contribution < 1.29 is 10.2 Å². The fourth-order valence-electron chi connectivity index (χ4n) is 4.61. The van der Waals surface area contributed by atoms with E-state index >= 15 is 0 Å². The smallest absolute Gasteiger partial charge is 0.0482 e. The number of rotatable bonds is 14. The molecule has 0 fully saturated rings. The first-order valence-corrected chi connectivity index (χ1v) is 15.4. The zero-order valence-electron chi connectivity index (χ0n) is 24.2. The summed E-state index contributed by atoms with van der Waals surface area (Å²) in [4.78, 5) is 5.63. The topological polar surface area (TPSA) is 40.5 Å². The fourth-order valence-corrected chi connectivity index (χ4v) is 7.43. The quantitative estimate of drug-likeness (QED) is 0.218. The van der Waals surface area contributed by atoms with Crippen molar-refractivity contribution in [2.45, 2.75) is 107 Å². The summed E-state index contributed by atoms with van der Waals surface area (Å²) in [6.45, 7) is 18.3. The minimum Gasteiger partial charge on any atom is -0.396 e. The van der Waals surface area contributed by atoms with Crippen LogP contribution in [-0.2, 0) is 0 Å². The summed E-state index contributed by atoms with van der Waals surface area (Å²) in [5.41, 5.74) is 0.212. The third-order valence-corrected chi connectivity index (χ3v) is 9.06. The summed E-state index contributed by atoms with van der Waals surface area (Å²) in [7, 11) is 0. The molecule has 4 heteroatoms. The average molecular weight is 533 g/mol. The lowest BCUT2D eigenvalue weighted by Gasteiger charge is -2.26. The molecule has 0 aromatic carbocycles. The second-order valence-corrected chi connectivity index (χ2v) is 16.0. The lowest BCUT2D eigenvalue weighted by molar-refractivity contribution is 0.147. The molecule has 0 unspecified atom stereocenters. The van der Waals surface area contributed by atoms with Gasteiger partial charge in [0.1, 0.15) is 0 Å². The first kappa shape index (κ1) is 31.5. The number of allylic oxidation sites excluding steroid dienone is 8. The predicted molar refractivity (Wildman–Crippen MR) is 163 cm³/mol. The second kappa shape index (κ2) is 13.4. The maximum Gasteiger partial charge on any atom is 0.0482 e. The molecule has 36 heavy (non-hydrogen) atoms. The van der Waals surface area contributed by atoms with Crippen LogP contribution in [0.4, 0.5) is 0 Å². The van der Waals surface area contributed by atoms with Gasteiger partial charge in [-0.25, -0.2) is 0 Å². The van der Waals surface area contributed by atoms with E-state index in [9.17, 15) is 10.2 Å². The van der Waals surface area contributed by atoms with Crippen molar-refractivity contribution in [2.75, 3.05) is 13.2 Å². The van der Waals surface area contributed by atoms with Gasteiger partial charge in [-0.3, -0.25) is 0 Å². The van der Waals surface area contributed by atoms with Crippen LogP contribution in [0.3, 0.4) is 0 Å². The van der Waals surface area contributed by atoms with Crippen molar-refractivity contribution in [1.29, 1.82) is 0 Å². The molecule has 0 radical (unpaired) electrons. The zero-order valence-corrected chi connectivity index (χ0v) is 25.9. The fraction of sp³-hybridized carbons (Fsp3) is 0.688. The van der Waals surface area contributed by atoms with Crippen molar-refractivity contribution in [1.82, 2.24) is 0 Å². The molecule has 0 bridgehead atoms. The SMILES string of the molecule is CC1(C)C=C(/C=C\C2=CC(C)(C)C=C(CCCCC(C)(C)CO)S2)SC(CCCCC(C)(C)CO)=C1. The molecule has 2 heterocycles. The Morgan fingerprint density at radius 2 is 1.00 bits per heavy atom. The van der Waals surface area contributed by atoms with Crippen molar-refractivity contribution in [3.8, 4) is 0 Å². The van der Waals surface area contributed by atoms with Crippen LogP contribution in [0.25, 0.3) is 0 Å². The second-order valence-electron chi connectivity index (χ2n) is 13.6. The molecule has 0 aliphatic carbocycles. The molecular formula is C32H52O2S2. The molecule has 204 valence electrons. The Morgan fingerprint density at radius 1 is 0.639 bits per heavy atom. The first-order valence-electron chi connectivity index (χ1n) is 13.8. The molecule has 0 amide bonds. The van der Waals surface area contributed by atoms with Gasteiger partial charge in [0.15, 0.2) is 0 Å². The third-order valence-electron chi connectivity index (χ3n) is 6.91. The van der Waals surface area contributed by atoms with Gasteiger partial charge in [-0.05, 0) is 71.3 Å². The minimum atomic E-state index is 0.0314. The average Bonchev–Trinajstić information content (AvgIpc) is 2.76. The van der Waals surface area contributed by atoms with Crippen LogP contribution in [-0.4, -0.2) is 23.4 Å². The zero-order chi connectivity index (χ0) is 27.0. The van der Waals surface area contributed by atoms with E-state index in [1.165, 1.54) is 32.5 Å². The highest BCUT2D eigenvalue weighted by atomic mass is 32.2. The molecule has 0 atom stereocenters. The van der Waals surface area contributed by atoms with Crippen molar-refractivity contribution in [2.24, 2.45) is 21.7 Å². The Morgan fingerprint density at radius 3 is 1.33 bits per heavy atom. The van der Waals surface area contributed by atoms with Gasteiger partial charge in [0.2, 0.25) is 0 Å². The van der Waals surface area contributed by atoms with Crippen molar-refractivity contribution in [3.05, 3.63) is 56.1 Å². The highest BCUT2D eigenvalue weighted by Crippen LogP contribution is 2.44. The maximum absolute atomic E-state index is 9.50. The Hall–Kier alpha value is -0.680. The van der Waals surface area contributed by atoms with Crippen LogP contribution in [0.5, 0.6) is 0 Å². The van der Waals surface area contributed by atoms with Crippen LogP contribution in [0.1, 0.15) is 107 Å². The summed E-state index contributed by atoms with van der Waals surface area (Å²) >= 11 is 3.84. The van der Waals surface area contributed by atoms with Gasteiger partial charge in [-0.2, -0.15) is 0 Å². The molecule has 0 saturated carbocycles. The molecule has 2 nitrogen and oxygen atoms in total. The standard InChI is InChI=1S/C32H52O2S2/c1-29(2,23-33)17-11-9-13-25-19-31(5,6)21-27(35-25)15-16-28-22-32(7,8)20-26(36-28)14-10-12-18-30(3,4)24-34/h15-16,19-22,33-34H,9-14,17-18,23-24H2,1-8H3/b16-15-. The number of thioether (sulfide) groups is 2. The molecule has 0 spiro atoms. The van der Waals surface area contributed by atoms with Gasteiger partial charge < -0.3 is 10.2 Å². The van der Waals surface area contributed by atoms with Crippen LogP contribution < -0.4 is 0 Å². The van der Waals surface area contributed by atoms with E-state index in [1.54, 1.807) is 0 Å². The summed E-state index contributed by atoms with van der Waals surface area (Å²) in [5.74, 6) is 0. The summed E-state index contributed by atoms with van der Waals surface area (Å²) < 4.78 is 0. The van der Waals surface area contributed by atoms with Crippen molar-refractivity contribution in [3.63, 3.8) is 0 Å². The summed E-state index contributed by atoms with van der Waals surface area (Å²) in [5, 5.41) is 19.0. The lowest BCUT2D eigenvalue weighted by Crippen LogP contribution is -2.16. The van der Waals surface area contributed by atoms with Crippen molar-refractivity contribution >= 4 is 23.5 Å². The highest BCUT2D eigenvalue weighted by molar-refractivity contribution is 8.07. The maximum atomic E-state index is 9.50. The highest BCUT2D eigenvalue weighted by Gasteiger charge is 2.23. The van der Waals surface area contributed by atoms with E-state index in [0.29, 0.717) is 0 Å². The van der Waals surface area contributed by atoms with Gasteiger partial charge in [0, 0.05) is 33.9 Å². The number of aliphatic hydroxyl groups excluding tert-OH is 2. The number of aliphatic hydroxyl groups is 2.